The molecule has 0 unspecified atom stereocenters. The van der Waals surface area contributed by atoms with Gasteiger partial charge in [-0.25, -0.2) is 4.98 Å². The van der Waals surface area contributed by atoms with Crippen molar-refractivity contribution in [3.63, 3.8) is 0 Å². The van der Waals surface area contributed by atoms with Crippen LogP contribution < -0.4 is 5.32 Å². The van der Waals surface area contributed by atoms with Crippen molar-refractivity contribution in [1.29, 1.82) is 0 Å². The number of nitrogens with one attached hydrogen (secondary N) is 1. The predicted octanol–water partition coefficient (Wildman–Crippen LogP) is 3.62. The number of carbonyl (C=O) groups excluding carboxylic acids is 1. The van der Waals surface area contributed by atoms with E-state index in [1.54, 1.807) is 0 Å². The summed E-state index contributed by atoms with van der Waals surface area (Å²) in [7, 11) is 0. The first kappa shape index (κ1) is 15.7. The van der Waals surface area contributed by atoms with Crippen LogP contribution in [0.4, 0.5) is 31.5 Å². The summed E-state index contributed by atoms with van der Waals surface area (Å²) in [5, 5.41) is 1.76. The predicted molar refractivity (Wildman–Crippen MR) is 56.0 cm³/mol. The molecule has 0 bridgehead atoms. The van der Waals surface area contributed by atoms with Gasteiger partial charge in [-0.15, -0.1) is 11.3 Å². The maximum Gasteiger partial charge on any atom is 0.405 e. The second-order valence-corrected chi connectivity index (χ2v) is 4.70. The van der Waals surface area contributed by atoms with Crippen molar-refractivity contribution in [2.45, 2.75) is 32.1 Å². The fourth-order valence-corrected chi connectivity index (χ4v) is 2.53. The van der Waals surface area contributed by atoms with E-state index in [0.29, 0.717) is 0 Å². The normalized spacial score (nSPS) is 12.9. The van der Waals surface area contributed by atoms with Gasteiger partial charge in [0.05, 0.1) is 10.6 Å². The summed E-state index contributed by atoms with van der Waals surface area (Å²) in [6.07, 6.45) is -10.9. The van der Waals surface area contributed by atoms with Gasteiger partial charge in [-0.05, 0) is 6.92 Å². The fourth-order valence-electron chi connectivity index (χ4n) is 1.36. The Morgan fingerprint density at radius 1 is 1.21 bits per heavy atom. The highest BCUT2D eigenvalue weighted by Crippen LogP contribution is 2.49. The molecule has 0 aliphatic carbocycles. The molecule has 19 heavy (non-hydrogen) atoms. The molecule has 0 aliphatic heterocycles. The molecule has 0 radical (unpaired) electrons. The van der Waals surface area contributed by atoms with E-state index >= 15 is 0 Å². The van der Waals surface area contributed by atoms with Crippen LogP contribution in [-0.4, -0.2) is 23.2 Å². The zero-order chi connectivity index (χ0) is 15.0. The monoisotopic (exact) mass is 306 g/mol. The first-order valence-electron chi connectivity index (χ1n) is 4.81. The molecule has 1 rings (SSSR count). The number of rotatable bonds is 2. The zero-order valence-corrected chi connectivity index (χ0v) is 10.4. The second-order valence-electron chi connectivity index (χ2n) is 3.67. The lowest BCUT2D eigenvalue weighted by atomic mass is 10.1. The number of amides is 1. The summed E-state index contributed by atoms with van der Waals surface area (Å²) in [6.45, 7) is 2.10. The molecule has 1 amide bonds. The Labute approximate surface area is 107 Å². The minimum atomic E-state index is -5.47. The third-order valence-corrected chi connectivity index (χ3v) is 3.17. The number of thiazole rings is 1. The number of carbonyl (C=O) groups is 1. The second kappa shape index (κ2) is 4.99. The van der Waals surface area contributed by atoms with Gasteiger partial charge in [0, 0.05) is 6.92 Å². The highest BCUT2D eigenvalue weighted by Gasteiger charge is 2.59. The number of anilines is 1. The average molecular weight is 306 g/mol. The lowest BCUT2D eigenvalue weighted by molar-refractivity contribution is -0.252. The van der Waals surface area contributed by atoms with Gasteiger partial charge < -0.3 is 5.32 Å². The Morgan fingerprint density at radius 3 is 2.05 bits per heavy atom. The average Bonchev–Trinajstić information content (AvgIpc) is 2.40. The van der Waals surface area contributed by atoms with Crippen LogP contribution in [0.5, 0.6) is 0 Å². The number of alkyl halides is 6. The van der Waals surface area contributed by atoms with Crippen molar-refractivity contribution < 1.29 is 31.1 Å². The maximum absolute atomic E-state index is 12.5. The molecule has 0 fully saturated rings. The molecule has 3 nitrogen and oxygen atoms in total. The first-order chi connectivity index (χ1) is 8.43. The van der Waals surface area contributed by atoms with Gasteiger partial charge in [0.25, 0.3) is 0 Å². The SMILES string of the molecule is CC(=O)Nc1nc(C)c(C(C(F)(F)F)C(F)(F)F)s1. The van der Waals surface area contributed by atoms with Gasteiger partial charge >= 0.3 is 12.4 Å². The summed E-state index contributed by atoms with van der Waals surface area (Å²) in [5.41, 5.74) is -0.409. The number of halogens is 6. The molecule has 0 spiro atoms. The standard InChI is InChI=1S/C9H8F6N2OS/c1-3-5(19-7(16-3)17-4(2)18)6(8(10,11)12)9(13,14)15/h6H,1-2H3,(H,16,17,18). The molecule has 1 aromatic rings. The molecule has 10 heteroatoms. The minimum absolute atomic E-state index is 0.167. The van der Waals surface area contributed by atoms with Crippen LogP contribution in [0.25, 0.3) is 0 Å². The van der Waals surface area contributed by atoms with Crippen LogP contribution in [0.3, 0.4) is 0 Å². The van der Waals surface area contributed by atoms with E-state index in [4.69, 9.17) is 0 Å². The molecule has 0 saturated heterocycles. The van der Waals surface area contributed by atoms with Gasteiger partial charge in [0.15, 0.2) is 11.0 Å². The molecule has 0 saturated carbocycles. The van der Waals surface area contributed by atoms with Crippen molar-refractivity contribution in [3.05, 3.63) is 10.6 Å². The number of aromatic nitrogens is 1. The summed E-state index contributed by atoms with van der Waals surface area (Å²) in [6, 6.07) is 0. The number of hydrogen-bond donors (Lipinski definition) is 1. The number of aryl methyl sites for hydroxylation is 1. The molecule has 0 aliphatic rings. The highest BCUT2D eigenvalue weighted by molar-refractivity contribution is 7.16. The summed E-state index contributed by atoms with van der Waals surface area (Å²) >= 11 is 0.167. The molecule has 1 aromatic heterocycles. The molecule has 1 N–H and O–H groups in total. The van der Waals surface area contributed by atoms with Crippen LogP contribution in [0.2, 0.25) is 0 Å². The zero-order valence-electron chi connectivity index (χ0n) is 9.61. The number of nitrogens with zero attached hydrogens (tertiary/aromatic N) is 1. The molecular weight excluding hydrogens is 298 g/mol. The Morgan fingerprint density at radius 2 is 1.68 bits per heavy atom. The minimum Gasteiger partial charge on any atom is -0.302 e. The molecule has 0 atom stereocenters. The largest absolute Gasteiger partial charge is 0.405 e. The van der Waals surface area contributed by atoms with E-state index < -0.39 is 34.7 Å². The van der Waals surface area contributed by atoms with Crippen LogP contribution in [0, 0.1) is 6.92 Å². The van der Waals surface area contributed by atoms with Gasteiger partial charge in [0.1, 0.15) is 0 Å². The van der Waals surface area contributed by atoms with Gasteiger partial charge in [0.2, 0.25) is 5.91 Å². The van der Waals surface area contributed by atoms with Crippen LogP contribution in [0.15, 0.2) is 0 Å². The lowest BCUT2D eigenvalue weighted by Crippen LogP contribution is -2.33. The van der Waals surface area contributed by atoms with E-state index in [0.717, 1.165) is 13.8 Å². The molecule has 0 aromatic carbocycles. The topological polar surface area (TPSA) is 42.0 Å². The van der Waals surface area contributed by atoms with E-state index in [-0.39, 0.29) is 16.5 Å². The summed E-state index contributed by atoms with van der Waals surface area (Å²) < 4.78 is 75.2. The first-order valence-corrected chi connectivity index (χ1v) is 5.63. The molecular formula is C9H8F6N2OS. The smallest absolute Gasteiger partial charge is 0.302 e. The fraction of sp³-hybridized carbons (Fsp3) is 0.556. The Hall–Kier alpha value is -1.32. The van der Waals surface area contributed by atoms with Crippen molar-refractivity contribution in [2.75, 3.05) is 5.32 Å². The number of hydrogen-bond acceptors (Lipinski definition) is 3. The molecule has 108 valence electrons. The summed E-state index contributed by atoms with van der Waals surface area (Å²) in [4.78, 5) is 13.2. The van der Waals surface area contributed by atoms with Crippen molar-refractivity contribution >= 4 is 22.4 Å². The van der Waals surface area contributed by atoms with Crippen LogP contribution in [-0.2, 0) is 4.79 Å². The summed E-state index contributed by atoms with van der Waals surface area (Å²) in [5.74, 6) is -4.23. The van der Waals surface area contributed by atoms with E-state index in [1.165, 1.54) is 0 Å². The third-order valence-electron chi connectivity index (χ3n) is 2.03. The van der Waals surface area contributed by atoms with Gasteiger partial charge in [-0.1, -0.05) is 0 Å². The third kappa shape index (κ3) is 3.82. The van der Waals surface area contributed by atoms with Crippen LogP contribution in [0.1, 0.15) is 23.4 Å². The highest BCUT2D eigenvalue weighted by atomic mass is 32.1. The lowest BCUT2D eigenvalue weighted by Gasteiger charge is -2.22. The van der Waals surface area contributed by atoms with Crippen molar-refractivity contribution in [1.82, 2.24) is 4.98 Å². The Bertz CT molecular complexity index is 464. The van der Waals surface area contributed by atoms with Crippen molar-refractivity contribution in [2.24, 2.45) is 0 Å². The van der Waals surface area contributed by atoms with Crippen molar-refractivity contribution in [3.8, 4) is 0 Å². The van der Waals surface area contributed by atoms with E-state index in [1.807, 2.05) is 0 Å². The Kier molecular flexibility index (Phi) is 4.13. The quantitative estimate of drug-likeness (QED) is 0.848. The van der Waals surface area contributed by atoms with E-state index in [9.17, 15) is 31.1 Å². The Balaban J connectivity index is 3.25. The van der Waals surface area contributed by atoms with Gasteiger partial charge in [-0.3, -0.25) is 4.79 Å². The van der Waals surface area contributed by atoms with E-state index in [2.05, 4.69) is 10.3 Å². The van der Waals surface area contributed by atoms with Gasteiger partial charge in [-0.2, -0.15) is 26.3 Å². The van der Waals surface area contributed by atoms with Crippen LogP contribution >= 0.6 is 11.3 Å². The molecule has 1 heterocycles. The maximum atomic E-state index is 12.5.